The standard InChI is InChI=1S/C23H18N4O4/c28-19-11-10-16(12-20(19)29)13-24-25-22(30)21-17-8-4-5-9-18(17)23(31)27(26-21)14-15-6-2-1-3-7-15/h1-13,28-29H,14H2,(H,25,30)/b24-13+. The Bertz CT molecular complexity index is 1350. The zero-order chi connectivity index (χ0) is 21.8. The molecule has 0 saturated carbocycles. The molecule has 0 spiro atoms. The van der Waals surface area contributed by atoms with Crippen LogP contribution >= 0.6 is 0 Å². The number of carbonyl (C=O) groups is 1. The van der Waals surface area contributed by atoms with Gasteiger partial charge in [-0.3, -0.25) is 9.59 Å². The lowest BCUT2D eigenvalue weighted by molar-refractivity contribution is 0.0949. The first kappa shape index (κ1) is 19.8. The Morgan fingerprint density at radius 3 is 2.42 bits per heavy atom. The first-order valence-electron chi connectivity index (χ1n) is 9.42. The number of nitrogens with one attached hydrogen (secondary N) is 1. The van der Waals surface area contributed by atoms with Crippen molar-refractivity contribution < 1.29 is 15.0 Å². The molecule has 0 fully saturated rings. The van der Waals surface area contributed by atoms with Gasteiger partial charge in [-0.25, -0.2) is 10.1 Å². The molecule has 0 radical (unpaired) electrons. The summed E-state index contributed by atoms with van der Waals surface area (Å²) < 4.78 is 1.26. The van der Waals surface area contributed by atoms with Crippen molar-refractivity contribution in [3.05, 3.63) is 100.0 Å². The van der Waals surface area contributed by atoms with Gasteiger partial charge in [-0.05, 0) is 35.4 Å². The van der Waals surface area contributed by atoms with Crippen molar-refractivity contribution >= 4 is 22.9 Å². The molecular weight excluding hydrogens is 396 g/mol. The minimum atomic E-state index is -0.586. The summed E-state index contributed by atoms with van der Waals surface area (Å²) in [5, 5.41) is 27.9. The van der Waals surface area contributed by atoms with Gasteiger partial charge in [-0.1, -0.05) is 48.5 Å². The lowest BCUT2D eigenvalue weighted by Gasteiger charge is -2.10. The molecule has 0 aliphatic heterocycles. The van der Waals surface area contributed by atoms with Crippen LogP contribution in [0.2, 0.25) is 0 Å². The number of benzene rings is 3. The minimum absolute atomic E-state index is 0.0665. The van der Waals surface area contributed by atoms with E-state index in [9.17, 15) is 19.8 Å². The lowest BCUT2D eigenvalue weighted by atomic mass is 10.1. The average Bonchev–Trinajstić information content (AvgIpc) is 2.79. The number of hydrazone groups is 1. The number of nitrogens with zero attached hydrogens (tertiary/aromatic N) is 3. The second-order valence-electron chi connectivity index (χ2n) is 6.79. The molecular formula is C23H18N4O4. The van der Waals surface area contributed by atoms with Crippen molar-refractivity contribution in [1.29, 1.82) is 0 Å². The van der Waals surface area contributed by atoms with Crippen LogP contribution in [0.5, 0.6) is 11.5 Å². The number of fused-ring (bicyclic) bond motifs is 1. The van der Waals surface area contributed by atoms with Gasteiger partial charge in [0.25, 0.3) is 11.5 Å². The first-order chi connectivity index (χ1) is 15.0. The summed E-state index contributed by atoms with van der Waals surface area (Å²) in [6.45, 7) is 0.223. The highest BCUT2D eigenvalue weighted by molar-refractivity contribution is 6.05. The van der Waals surface area contributed by atoms with Crippen LogP contribution < -0.4 is 11.0 Å². The Morgan fingerprint density at radius 1 is 0.968 bits per heavy atom. The molecule has 0 unspecified atom stereocenters. The second kappa shape index (κ2) is 8.50. The highest BCUT2D eigenvalue weighted by Gasteiger charge is 2.16. The molecule has 0 saturated heterocycles. The molecule has 1 heterocycles. The molecule has 154 valence electrons. The molecule has 3 N–H and O–H groups in total. The van der Waals surface area contributed by atoms with E-state index in [4.69, 9.17) is 0 Å². The SMILES string of the molecule is O=C(N/N=C/c1ccc(O)c(O)c1)c1nn(Cc2ccccc2)c(=O)c2ccccc12. The maximum absolute atomic E-state index is 12.9. The minimum Gasteiger partial charge on any atom is -0.504 e. The van der Waals surface area contributed by atoms with Gasteiger partial charge in [-0.15, -0.1) is 0 Å². The highest BCUT2D eigenvalue weighted by Crippen LogP contribution is 2.24. The van der Waals surface area contributed by atoms with Crippen LogP contribution in [-0.2, 0) is 6.54 Å². The molecule has 4 rings (SSSR count). The molecule has 1 aromatic heterocycles. The quantitative estimate of drug-likeness (QED) is 0.264. The zero-order valence-corrected chi connectivity index (χ0v) is 16.3. The van der Waals surface area contributed by atoms with Crippen molar-refractivity contribution in [2.24, 2.45) is 5.10 Å². The van der Waals surface area contributed by atoms with E-state index < -0.39 is 5.91 Å². The van der Waals surface area contributed by atoms with Crippen molar-refractivity contribution in [1.82, 2.24) is 15.2 Å². The molecule has 31 heavy (non-hydrogen) atoms. The third kappa shape index (κ3) is 4.27. The van der Waals surface area contributed by atoms with E-state index in [1.807, 2.05) is 30.3 Å². The van der Waals surface area contributed by atoms with Crippen molar-refractivity contribution in [3.63, 3.8) is 0 Å². The molecule has 3 aromatic carbocycles. The predicted molar refractivity (Wildman–Crippen MR) is 116 cm³/mol. The second-order valence-corrected chi connectivity index (χ2v) is 6.79. The number of aromatic nitrogens is 2. The third-order valence-corrected chi connectivity index (χ3v) is 4.64. The summed E-state index contributed by atoms with van der Waals surface area (Å²) in [6.07, 6.45) is 1.32. The largest absolute Gasteiger partial charge is 0.504 e. The van der Waals surface area contributed by atoms with E-state index >= 15 is 0 Å². The van der Waals surface area contributed by atoms with E-state index in [1.54, 1.807) is 24.3 Å². The van der Waals surface area contributed by atoms with Gasteiger partial charge >= 0.3 is 0 Å². The summed E-state index contributed by atoms with van der Waals surface area (Å²) in [7, 11) is 0. The normalized spacial score (nSPS) is 11.1. The number of phenols is 2. The van der Waals surface area contributed by atoms with Gasteiger partial charge < -0.3 is 10.2 Å². The lowest BCUT2D eigenvalue weighted by Crippen LogP contribution is -2.29. The number of carbonyl (C=O) groups excluding carboxylic acids is 1. The molecule has 8 nitrogen and oxygen atoms in total. The van der Waals surface area contributed by atoms with Crippen LogP contribution in [0.15, 0.2) is 82.7 Å². The molecule has 0 aliphatic carbocycles. The Labute approximate surface area is 176 Å². The topological polar surface area (TPSA) is 117 Å². The number of aromatic hydroxyl groups is 2. The number of amides is 1. The summed E-state index contributed by atoms with van der Waals surface area (Å²) in [5.41, 5.74) is 3.52. The number of hydrogen-bond donors (Lipinski definition) is 3. The Balaban J connectivity index is 1.66. The van der Waals surface area contributed by atoms with E-state index in [0.29, 0.717) is 16.3 Å². The van der Waals surface area contributed by atoms with Gasteiger partial charge in [0.1, 0.15) is 0 Å². The summed E-state index contributed by atoms with van der Waals surface area (Å²) in [5.74, 6) is -1.13. The fourth-order valence-corrected chi connectivity index (χ4v) is 3.11. The van der Waals surface area contributed by atoms with E-state index in [2.05, 4.69) is 15.6 Å². The smallest absolute Gasteiger partial charge is 0.292 e. The van der Waals surface area contributed by atoms with Crippen LogP contribution in [0.3, 0.4) is 0 Å². The molecule has 4 aromatic rings. The maximum Gasteiger partial charge on any atom is 0.292 e. The first-order valence-corrected chi connectivity index (χ1v) is 9.42. The average molecular weight is 414 g/mol. The van der Waals surface area contributed by atoms with Gasteiger partial charge in [0.2, 0.25) is 0 Å². The maximum atomic E-state index is 12.9. The fourth-order valence-electron chi connectivity index (χ4n) is 3.11. The van der Waals surface area contributed by atoms with Crippen molar-refractivity contribution in [3.8, 4) is 11.5 Å². The number of rotatable bonds is 5. The van der Waals surface area contributed by atoms with E-state index in [-0.39, 0.29) is 29.3 Å². The van der Waals surface area contributed by atoms with Crippen molar-refractivity contribution in [2.75, 3.05) is 0 Å². The Hall–Kier alpha value is -4.46. The van der Waals surface area contributed by atoms with Crippen molar-refractivity contribution in [2.45, 2.75) is 6.54 Å². The van der Waals surface area contributed by atoms with Crippen LogP contribution in [0.25, 0.3) is 10.8 Å². The molecule has 8 heteroatoms. The Kier molecular flexibility index (Phi) is 5.44. The third-order valence-electron chi connectivity index (χ3n) is 4.64. The molecule has 0 bridgehead atoms. The van der Waals surface area contributed by atoms with Gasteiger partial charge in [0.15, 0.2) is 17.2 Å². The van der Waals surface area contributed by atoms with Gasteiger partial charge in [0.05, 0.1) is 18.1 Å². The van der Waals surface area contributed by atoms with Crippen LogP contribution in [-0.4, -0.2) is 32.1 Å². The summed E-state index contributed by atoms with van der Waals surface area (Å²) in [6, 6.07) is 20.3. The number of phenolic OH excluding ortho intramolecular Hbond substituents is 2. The predicted octanol–water partition coefficient (Wildman–Crippen LogP) is 2.62. The van der Waals surface area contributed by atoms with E-state index in [1.165, 1.54) is 29.1 Å². The molecule has 1 amide bonds. The van der Waals surface area contributed by atoms with Crippen LogP contribution in [0.4, 0.5) is 0 Å². The molecule has 0 aliphatic rings. The monoisotopic (exact) mass is 414 g/mol. The van der Waals surface area contributed by atoms with Crippen LogP contribution in [0.1, 0.15) is 21.6 Å². The van der Waals surface area contributed by atoms with E-state index in [0.717, 1.165) is 5.56 Å². The Morgan fingerprint density at radius 2 is 1.68 bits per heavy atom. The zero-order valence-electron chi connectivity index (χ0n) is 16.3. The number of hydrogen-bond acceptors (Lipinski definition) is 6. The van der Waals surface area contributed by atoms with Crippen LogP contribution in [0, 0.1) is 0 Å². The van der Waals surface area contributed by atoms with Gasteiger partial charge in [-0.2, -0.15) is 10.2 Å². The highest BCUT2D eigenvalue weighted by atomic mass is 16.3. The molecule has 0 atom stereocenters. The van der Waals surface area contributed by atoms with Gasteiger partial charge in [0, 0.05) is 5.39 Å². The fraction of sp³-hybridized carbons (Fsp3) is 0.0435. The summed E-state index contributed by atoms with van der Waals surface area (Å²) >= 11 is 0. The summed E-state index contributed by atoms with van der Waals surface area (Å²) in [4.78, 5) is 25.7.